The van der Waals surface area contributed by atoms with Gasteiger partial charge in [0, 0.05) is 0 Å². The van der Waals surface area contributed by atoms with E-state index in [0.29, 0.717) is 10.4 Å². The van der Waals surface area contributed by atoms with Crippen LogP contribution >= 0.6 is 15.9 Å². The van der Waals surface area contributed by atoms with E-state index in [9.17, 15) is 0 Å². The molecule has 0 aliphatic rings. The van der Waals surface area contributed by atoms with Crippen LogP contribution in [0.15, 0.2) is 15.2 Å². The third kappa shape index (κ3) is 0.742. The number of hydrogen-bond donors (Lipinski definition) is 1. The molecule has 0 aliphatic carbocycles. The number of nitrogens with two attached hydrogens (primary N) is 1. The predicted molar refractivity (Wildman–Crippen MR) is 28.6 cm³/mol. The van der Waals surface area contributed by atoms with Crippen molar-refractivity contribution in [3.05, 3.63) is 10.7 Å². The van der Waals surface area contributed by atoms with Crippen LogP contribution in [0.1, 0.15) is 0 Å². The van der Waals surface area contributed by atoms with E-state index in [2.05, 4.69) is 25.6 Å². The van der Waals surface area contributed by atoms with Crippen molar-refractivity contribution in [1.29, 1.82) is 0 Å². The van der Waals surface area contributed by atoms with E-state index in [0.717, 1.165) is 0 Å². The fourth-order valence-corrected chi connectivity index (χ4v) is 0.393. The summed E-state index contributed by atoms with van der Waals surface area (Å²) in [5.74, 6) is 0.319. The summed E-state index contributed by atoms with van der Waals surface area (Å²) in [4.78, 5) is 0. The van der Waals surface area contributed by atoms with E-state index < -0.39 is 0 Å². The topological polar surface area (TPSA) is 52.0 Å². The molecule has 0 atom stereocenters. The quantitative estimate of drug-likeness (QED) is 0.620. The Kier molecular flexibility index (Phi) is 1.02. The highest BCUT2D eigenvalue weighted by molar-refractivity contribution is 9.10. The molecular formula is C3H3BrN2O. The highest BCUT2D eigenvalue weighted by Gasteiger charge is 1.94. The lowest BCUT2D eigenvalue weighted by Gasteiger charge is -1.74. The fourth-order valence-electron chi connectivity index (χ4n) is 0.237. The van der Waals surface area contributed by atoms with Crippen LogP contribution in [-0.4, -0.2) is 5.16 Å². The van der Waals surface area contributed by atoms with Gasteiger partial charge in [-0.15, -0.1) is 0 Å². The lowest BCUT2D eigenvalue weighted by atomic mass is 10.7. The molecule has 4 heteroatoms. The molecule has 0 radical (unpaired) electrons. The van der Waals surface area contributed by atoms with Crippen LogP contribution in [0.5, 0.6) is 0 Å². The molecule has 0 bridgehead atoms. The van der Waals surface area contributed by atoms with Gasteiger partial charge in [-0.05, 0) is 15.9 Å². The summed E-state index contributed by atoms with van der Waals surface area (Å²) in [5.41, 5.74) is 5.16. The van der Waals surface area contributed by atoms with E-state index in [-0.39, 0.29) is 0 Å². The fraction of sp³-hybridized carbons (Fsp3) is 0. The first-order valence-corrected chi connectivity index (χ1v) is 2.45. The van der Waals surface area contributed by atoms with Gasteiger partial charge in [0.1, 0.15) is 4.47 Å². The van der Waals surface area contributed by atoms with Gasteiger partial charge in [-0.1, -0.05) is 5.16 Å². The minimum atomic E-state index is 0.319. The Morgan fingerprint density at radius 3 is 2.71 bits per heavy atom. The molecule has 7 heavy (non-hydrogen) atoms. The van der Waals surface area contributed by atoms with Gasteiger partial charge in [-0.25, -0.2) is 0 Å². The second-order valence-electron chi connectivity index (χ2n) is 1.04. The van der Waals surface area contributed by atoms with Crippen molar-refractivity contribution in [3.63, 3.8) is 0 Å². The van der Waals surface area contributed by atoms with Crippen molar-refractivity contribution in [1.82, 2.24) is 5.16 Å². The molecule has 0 saturated heterocycles. The second kappa shape index (κ2) is 1.54. The molecule has 0 aromatic carbocycles. The first-order chi connectivity index (χ1) is 3.30. The number of halogens is 1. The Morgan fingerprint density at radius 1 is 1.86 bits per heavy atom. The van der Waals surface area contributed by atoms with Gasteiger partial charge in [-0.3, -0.25) is 0 Å². The first kappa shape index (κ1) is 4.64. The van der Waals surface area contributed by atoms with Crippen LogP contribution < -0.4 is 5.73 Å². The Labute approximate surface area is 48.6 Å². The molecule has 0 amide bonds. The minimum absolute atomic E-state index is 0.319. The van der Waals surface area contributed by atoms with Gasteiger partial charge < -0.3 is 10.3 Å². The van der Waals surface area contributed by atoms with Gasteiger partial charge in [0.15, 0.2) is 0 Å². The summed E-state index contributed by atoms with van der Waals surface area (Å²) in [6.07, 6.45) is 1.50. The number of aromatic nitrogens is 1. The van der Waals surface area contributed by atoms with E-state index >= 15 is 0 Å². The van der Waals surface area contributed by atoms with Crippen molar-refractivity contribution >= 4 is 21.8 Å². The van der Waals surface area contributed by atoms with Crippen molar-refractivity contribution in [3.8, 4) is 0 Å². The summed E-state index contributed by atoms with van der Waals surface area (Å²) in [6, 6.07) is 0. The molecule has 3 nitrogen and oxygen atoms in total. The zero-order chi connectivity index (χ0) is 5.28. The summed E-state index contributed by atoms with van der Waals surface area (Å²) >= 11 is 3.08. The zero-order valence-electron chi connectivity index (χ0n) is 3.39. The standard InChI is InChI=1S/C3H3BrN2O/c4-2-1-6-7-3(2)5/h1H,5H2. The summed E-state index contributed by atoms with van der Waals surface area (Å²) < 4.78 is 5.15. The third-order valence-electron chi connectivity index (χ3n) is 0.552. The molecule has 0 spiro atoms. The first-order valence-electron chi connectivity index (χ1n) is 1.66. The summed E-state index contributed by atoms with van der Waals surface area (Å²) in [7, 11) is 0. The SMILES string of the molecule is Nc1oncc1Br. The normalized spacial score (nSPS) is 9.29. The molecule has 1 aromatic rings. The third-order valence-corrected chi connectivity index (χ3v) is 1.15. The average molecular weight is 163 g/mol. The minimum Gasteiger partial charge on any atom is -0.367 e. The monoisotopic (exact) mass is 162 g/mol. The highest BCUT2D eigenvalue weighted by Crippen LogP contribution is 2.15. The van der Waals surface area contributed by atoms with Crippen LogP contribution in [-0.2, 0) is 0 Å². The molecule has 0 saturated carbocycles. The molecule has 38 valence electrons. The molecule has 2 N–H and O–H groups in total. The van der Waals surface area contributed by atoms with Gasteiger partial charge >= 0.3 is 0 Å². The molecule has 1 heterocycles. The predicted octanol–water partition coefficient (Wildman–Crippen LogP) is 1.02. The number of anilines is 1. The van der Waals surface area contributed by atoms with Gasteiger partial charge in [0.25, 0.3) is 0 Å². The molecule has 0 unspecified atom stereocenters. The Hall–Kier alpha value is -0.510. The summed E-state index contributed by atoms with van der Waals surface area (Å²) in [6.45, 7) is 0. The number of nitrogens with zero attached hydrogens (tertiary/aromatic N) is 1. The maximum absolute atomic E-state index is 5.16. The Balaban J connectivity index is 3.12. The highest BCUT2D eigenvalue weighted by atomic mass is 79.9. The maximum Gasteiger partial charge on any atom is 0.236 e. The molecule has 1 rings (SSSR count). The number of rotatable bonds is 0. The maximum atomic E-state index is 5.16. The van der Waals surface area contributed by atoms with Gasteiger partial charge in [-0.2, -0.15) is 0 Å². The number of nitrogen functional groups attached to an aromatic ring is 1. The lowest BCUT2D eigenvalue weighted by Crippen LogP contribution is -1.77. The van der Waals surface area contributed by atoms with E-state index in [1.165, 1.54) is 6.20 Å². The molecular weight excluding hydrogens is 160 g/mol. The Bertz CT molecular complexity index is 145. The van der Waals surface area contributed by atoms with Gasteiger partial charge in [0.05, 0.1) is 6.20 Å². The van der Waals surface area contributed by atoms with Crippen molar-refractivity contribution < 1.29 is 4.52 Å². The Morgan fingerprint density at radius 2 is 2.57 bits per heavy atom. The van der Waals surface area contributed by atoms with Crippen LogP contribution in [0.25, 0.3) is 0 Å². The lowest BCUT2D eigenvalue weighted by molar-refractivity contribution is 0.436. The van der Waals surface area contributed by atoms with E-state index in [1.54, 1.807) is 0 Å². The van der Waals surface area contributed by atoms with Gasteiger partial charge in [0.2, 0.25) is 5.88 Å². The van der Waals surface area contributed by atoms with Crippen LogP contribution in [0, 0.1) is 0 Å². The molecule has 0 aliphatic heterocycles. The number of hydrogen-bond acceptors (Lipinski definition) is 3. The second-order valence-corrected chi connectivity index (χ2v) is 1.89. The van der Waals surface area contributed by atoms with Crippen molar-refractivity contribution in [2.75, 3.05) is 5.73 Å². The smallest absolute Gasteiger partial charge is 0.236 e. The summed E-state index contributed by atoms with van der Waals surface area (Å²) in [5, 5.41) is 3.37. The van der Waals surface area contributed by atoms with Crippen molar-refractivity contribution in [2.45, 2.75) is 0 Å². The van der Waals surface area contributed by atoms with E-state index in [1.807, 2.05) is 0 Å². The average Bonchev–Trinajstić information content (AvgIpc) is 1.91. The van der Waals surface area contributed by atoms with Crippen LogP contribution in [0.3, 0.4) is 0 Å². The van der Waals surface area contributed by atoms with Crippen LogP contribution in [0.2, 0.25) is 0 Å². The van der Waals surface area contributed by atoms with E-state index in [4.69, 9.17) is 5.73 Å². The largest absolute Gasteiger partial charge is 0.367 e. The molecule has 0 fully saturated rings. The van der Waals surface area contributed by atoms with Crippen LogP contribution in [0.4, 0.5) is 5.88 Å². The van der Waals surface area contributed by atoms with Crippen molar-refractivity contribution in [2.24, 2.45) is 0 Å². The molecule has 1 aromatic heterocycles. The zero-order valence-corrected chi connectivity index (χ0v) is 4.97.